The number of ether oxygens (including phenoxy) is 1. The monoisotopic (exact) mass is 366 g/mol. The van der Waals surface area contributed by atoms with Crippen LogP contribution in [0, 0.1) is 13.8 Å². The maximum Gasteiger partial charge on any atom is 0.261 e. The number of carbonyl (C=O) groups is 1. The fourth-order valence-electron chi connectivity index (χ4n) is 3.51. The maximum atomic E-state index is 12.5. The molecule has 0 radical (unpaired) electrons. The molecule has 0 aliphatic carbocycles. The molecule has 0 bridgehead atoms. The zero-order valence-electron chi connectivity index (χ0n) is 16.6. The summed E-state index contributed by atoms with van der Waals surface area (Å²) >= 11 is 0. The Morgan fingerprint density at radius 2 is 2.00 bits per heavy atom. The highest BCUT2D eigenvalue weighted by molar-refractivity contribution is 5.81. The van der Waals surface area contributed by atoms with E-state index in [2.05, 4.69) is 48.3 Å². The summed E-state index contributed by atoms with van der Waals surface area (Å²) in [6, 6.07) is 14.5. The number of hydrogen-bond donors (Lipinski definition) is 1. The molecule has 1 atom stereocenters. The molecule has 4 heteroatoms. The van der Waals surface area contributed by atoms with Crippen molar-refractivity contribution in [3.8, 4) is 5.75 Å². The second-order valence-corrected chi connectivity index (χ2v) is 7.27. The smallest absolute Gasteiger partial charge is 0.261 e. The zero-order chi connectivity index (χ0) is 19.2. The van der Waals surface area contributed by atoms with Gasteiger partial charge in [0.1, 0.15) is 5.75 Å². The number of fused-ring (bicyclic) bond motifs is 1. The molecule has 1 N–H and O–H groups in total. The summed E-state index contributed by atoms with van der Waals surface area (Å²) in [7, 11) is 0. The van der Waals surface area contributed by atoms with Crippen LogP contribution in [-0.2, 0) is 11.2 Å². The number of anilines is 1. The van der Waals surface area contributed by atoms with Crippen LogP contribution in [0.4, 0.5) is 5.69 Å². The van der Waals surface area contributed by atoms with Crippen LogP contribution in [0.15, 0.2) is 42.5 Å². The van der Waals surface area contributed by atoms with E-state index in [4.69, 9.17) is 4.74 Å². The number of hydrogen-bond acceptors (Lipinski definition) is 3. The first-order chi connectivity index (χ1) is 13.1. The van der Waals surface area contributed by atoms with E-state index < -0.39 is 6.10 Å². The summed E-state index contributed by atoms with van der Waals surface area (Å²) in [5, 5.41) is 3.04. The third-order valence-electron chi connectivity index (χ3n) is 5.31. The van der Waals surface area contributed by atoms with Gasteiger partial charge in [-0.25, -0.2) is 0 Å². The summed E-state index contributed by atoms with van der Waals surface area (Å²) in [6.45, 7) is 8.81. The normalized spacial score (nSPS) is 14.0. The lowest BCUT2D eigenvalue weighted by atomic mass is 10.1. The molecule has 1 unspecified atom stereocenters. The van der Waals surface area contributed by atoms with E-state index >= 15 is 0 Å². The molecule has 0 aromatic heterocycles. The van der Waals surface area contributed by atoms with Gasteiger partial charge in [0.05, 0.1) is 0 Å². The number of rotatable bonds is 8. The molecule has 0 fully saturated rings. The van der Waals surface area contributed by atoms with Crippen molar-refractivity contribution in [2.24, 2.45) is 0 Å². The minimum atomic E-state index is -0.445. The summed E-state index contributed by atoms with van der Waals surface area (Å²) in [5.41, 5.74) is 5.17. The van der Waals surface area contributed by atoms with Gasteiger partial charge in [0.25, 0.3) is 5.91 Å². The van der Waals surface area contributed by atoms with Gasteiger partial charge in [0.2, 0.25) is 0 Å². The summed E-state index contributed by atoms with van der Waals surface area (Å²) in [4.78, 5) is 14.9. The minimum Gasteiger partial charge on any atom is -0.481 e. The van der Waals surface area contributed by atoms with Crippen LogP contribution >= 0.6 is 0 Å². The van der Waals surface area contributed by atoms with Crippen LogP contribution in [-0.4, -0.2) is 31.6 Å². The van der Waals surface area contributed by atoms with Crippen molar-refractivity contribution in [3.05, 3.63) is 59.2 Å². The van der Waals surface area contributed by atoms with Crippen LogP contribution in [0.1, 0.15) is 36.5 Å². The van der Waals surface area contributed by atoms with Crippen molar-refractivity contribution < 1.29 is 9.53 Å². The Morgan fingerprint density at radius 3 is 2.78 bits per heavy atom. The van der Waals surface area contributed by atoms with Gasteiger partial charge in [-0.15, -0.1) is 0 Å². The lowest BCUT2D eigenvalue weighted by Gasteiger charge is -2.20. The van der Waals surface area contributed by atoms with Crippen LogP contribution in [0.5, 0.6) is 5.75 Å². The van der Waals surface area contributed by atoms with Crippen molar-refractivity contribution >= 4 is 11.6 Å². The van der Waals surface area contributed by atoms with E-state index in [0.717, 1.165) is 31.7 Å². The van der Waals surface area contributed by atoms with Gasteiger partial charge in [0.15, 0.2) is 6.10 Å². The highest BCUT2D eigenvalue weighted by Crippen LogP contribution is 2.27. The van der Waals surface area contributed by atoms with Gasteiger partial charge >= 0.3 is 0 Å². The summed E-state index contributed by atoms with van der Waals surface area (Å²) in [5.74, 6) is 0.728. The Morgan fingerprint density at radius 1 is 1.19 bits per heavy atom. The number of nitrogens with zero attached hydrogens (tertiary/aromatic N) is 1. The molecule has 3 rings (SSSR count). The zero-order valence-corrected chi connectivity index (χ0v) is 16.6. The van der Waals surface area contributed by atoms with E-state index in [1.807, 2.05) is 25.1 Å². The molecule has 1 heterocycles. The third-order valence-corrected chi connectivity index (χ3v) is 5.31. The second-order valence-electron chi connectivity index (χ2n) is 7.27. The topological polar surface area (TPSA) is 41.6 Å². The average Bonchev–Trinajstić information content (AvgIpc) is 3.09. The Kier molecular flexibility index (Phi) is 6.38. The van der Waals surface area contributed by atoms with Gasteiger partial charge in [-0.05, 0) is 68.0 Å². The Labute approximate surface area is 162 Å². The molecule has 4 nitrogen and oxygen atoms in total. The number of benzene rings is 2. The van der Waals surface area contributed by atoms with Crippen molar-refractivity contribution in [2.45, 2.75) is 46.1 Å². The molecule has 1 amide bonds. The lowest BCUT2D eigenvalue weighted by Crippen LogP contribution is -2.39. The highest BCUT2D eigenvalue weighted by Gasteiger charge is 2.20. The Hall–Kier alpha value is -2.49. The van der Waals surface area contributed by atoms with Gasteiger partial charge in [-0.2, -0.15) is 0 Å². The Bertz CT molecular complexity index is 788. The average molecular weight is 367 g/mol. The second kappa shape index (κ2) is 8.94. The molecule has 27 heavy (non-hydrogen) atoms. The van der Waals surface area contributed by atoms with Crippen LogP contribution in [0.2, 0.25) is 0 Å². The van der Waals surface area contributed by atoms with Crippen LogP contribution in [0.25, 0.3) is 0 Å². The predicted octanol–water partition coefficient (Wildman–Crippen LogP) is 4.03. The minimum absolute atomic E-state index is 0.0300. The fourth-order valence-corrected chi connectivity index (χ4v) is 3.51. The van der Waals surface area contributed by atoms with E-state index in [1.54, 1.807) is 0 Å². The number of amides is 1. The Balaban J connectivity index is 1.44. The molecule has 1 aliphatic rings. The van der Waals surface area contributed by atoms with Crippen molar-refractivity contribution in [3.63, 3.8) is 0 Å². The molecule has 1 aliphatic heterocycles. The third kappa shape index (κ3) is 4.82. The summed E-state index contributed by atoms with van der Waals surface area (Å²) in [6.07, 6.45) is 2.25. The van der Waals surface area contributed by atoms with Crippen LogP contribution in [0.3, 0.4) is 0 Å². The molecule has 144 valence electrons. The first-order valence-corrected chi connectivity index (χ1v) is 9.93. The predicted molar refractivity (Wildman–Crippen MR) is 111 cm³/mol. The molecule has 0 saturated heterocycles. The van der Waals surface area contributed by atoms with Crippen molar-refractivity contribution in [1.82, 2.24) is 5.32 Å². The van der Waals surface area contributed by atoms with Gasteiger partial charge in [-0.3, -0.25) is 4.79 Å². The van der Waals surface area contributed by atoms with Gasteiger partial charge in [-0.1, -0.05) is 31.2 Å². The highest BCUT2D eigenvalue weighted by atomic mass is 16.5. The quantitative estimate of drug-likeness (QED) is 0.717. The van der Waals surface area contributed by atoms with Crippen molar-refractivity contribution in [1.29, 1.82) is 0 Å². The maximum absolute atomic E-state index is 12.5. The van der Waals surface area contributed by atoms with E-state index in [1.165, 1.54) is 22.4 Å². The lowest BCUT2D eigenvalue weighted by molar-refractivity contribution is -0.128. The SMILES string of the molecule is CCC(Oc1ccc(C)c(C)c1)C(=O)NCCCN1CCc2ccccc21. The van der Waals surface area contributed by atoms with E-state index in [0.29, 0.717) is 13.0 Å². The van der Waals surface area contributed by atoms with Crippen LogP contribution < -0.4 is 15.0 Å². The van der Waals surface area contributed by atoms with Gasteiger partial charge < -0.3 is 15.0 Å². The fraction of sp³-hybridized carbons (Fsp3) is 0.435. The largest absolute Gasteiger partial charge is 0.481 e. The first kappa shape index (κ1) is 19.3. The number of nitrogens with one attached hydrogen (secondary N) is 1. The number of carbonyl (C=O) groups excluding carboxylic acids is 1. The molecule has 2 aromatic carbocycles. The molecule has 0 saturated carbocycles. The standard InChI is InChI=1S/C23H30N2O2/c1-4-22(27-20-11-10-17(2)18(3)16-20)23(26)24-13-7-14-25-15-12-19-8-5-6-9-21(19)25/h5-6,8-11,16,22H,4,7,12-15H2,1-3H3,(H,24,26). The molecule has 2 aromatic rings. The summed E-state index contributed by atoms with van der Waals surface area (Å²) < 4.78 is 5.92. The number of aryl methyl sites for hydroxylation is 2. The molecular weight excluding hydrogens is 336 g/mol. The molecule has 0 spiro atoms. The first-order valence-electron chi connectivity index (χ1n) is 9.93. The number of para-hydroxylation sites is 1. The van der Waals surface area contributed by atoms with Gasteiger partial charge in [0, 0.05) is 25.3 Å². The van der Waals surface area contributed by atoms with E-state index in [9.17, 15) is 4.79 Å². The van der Waals surface area contributed by atoms with E-state index in [-0.39, 0.29) is 5.91 Å². The molecular formula is C23H30N2O2. The van der Waals surface area contributed by atoms with Crippen molar-refractivity contribution in [2.75, 3.05) is 24.5 Å².